The Hall–Kier alpha value is -9.54. The number of rotatable bonds is 14. The number of nitrogens with zero attached hydrogens (tertiary/aromatic N) is 2. The Kier molecular flexibility index (Phi) is 13.0. The molecule has 0 spiro atoms. The minimum Gasteiger partial charge on any atom is -0.311 e. The Bertz CT molecular complexity index is 3870. The fraction of sp³-hybridized carbons (Fsp3) is 0. The molecule has 75 heavy (non-hydrogen) atoms. The highest BCUT2D eigenvalue weighted by molar-refractivity contribution is 7.26. The van der Waals surface area contributed by atoms with Gasteiger partial charge in [-0.15, -0.1) is 11.3 Å². The standard InChI is InChI=1S/C72H52N2S/c1-3-16-51(4-2)55-27-39-61(40-28-55)73(62-41-29-56(30-42-62)52-17-8-5-9-18-52)65-47-35-59(36-48-65)67-23-14-25-69-70-26-15-24-68(72(70)75-71(67)69)60-37-49-66(50-38-60)74(63-43-31-57(32-44-63)53-19-10-6-11-20-53)64-45-33-58(34-46-64)54-21-12-7-13-22-54/h3-50H,1-2H2/b51-16+. The third-order valence-electron chi connectivity index (χ3n) is 14.1. The quantitative estimate of drug-likeness (QED) is 0.100. The van der Waals surface area contributed by atoms with Crippen molar-refractivity contribution in [1.82, 2.24) is 0 Å². The fourth-order valence-corrected chi connectivity index (χ4v) is 11.6. The number of hydrogen-bond donors (Lipinski definition) is 0. The number of thiophene rings is 1. The molecule has 1 aromatic heterocycles. The first kappa shape index (κ1) is 46.5. The van der Waals surface area contributed by atoms with Crippen molar-refractivity contribution < 1.29 is 0 Å². The Morgan fingerprint density at radius 3 is 0.893 bits per heavy atom. The van der Waals surface area contributed by atoms with Crippen molar-refractivity contribution in [2.75, 3.05) is 9.80 Å². The summed E-state index contributed by atoms with van der Waals surface area (Å²) in [5, 5.41) is 2.54. The molecule has 0 radical (unpaired) electrons. The van der Waals surface area contributed by atoms with E-state index in [0.29, 0.717) is 0 Å². The fourth-order valence-electron chi connectivity index (χ4n) is 10.3. The molecule has 3 heteroatoms. The van der Waals surface area contributed by atoms with Crippen LogP contribution in [-0.2, 0) is 0 Å². The van der Waals surface area contributed by atoms with Crippen molar-refractivity contribution in [2.45, 2.75) is 0 Å². The van der Waals surface area contributed by atoms with E-state index in [9.17, 15) is 0 Å². The van der Waals surface area contributed by atoms with Crippen LogP contribution in [-0.4, -0.2) is 0 Å². The van der Waals surface area contributed by atoms with Crippen molar-refractivity contribution in [3.8, 4) is 55.6 Å². The molecule has 0 N–H and O–H groups in total. The smallest absolute Gasteiger partial charge is 0.0462 e. The Labute approximate surface area is 444 Å². The van der Waals surface area contributed by atoms with Gasteiger partial charge < -0.3 is 9.80 Å². The van der Waals surface area contributed by atoms with Crippen LogP contribution in [0.5, 0.6) is 0 Å². The summed E-state index contributed by atoms with van der Waals surface area (Å²) in [6, 6.07) is 98.6. The first-order valence-corrected chi connectivity index (χ1v) is 26.2. The number of hydrogen-bond acceptors (Lipinski definition) is 3. The third-order valence-corrected chi connectivity index (χ3v) is 15.4. The summed E-state index contributed by atoms with van der Waals surface area (Å²) >= 11 is 1.88. The zero-order chi connectivity index (χ0) is 50.5. The van der Waals surface area contributed by atoms with Crippen LogP contribution in [0.3, 0.4) is 0 Å². The lowest BCUT2D eigenvalue weighted by molar-refractivity contribution is 1.28. The topological polar surface area (TPSA) is 6.48 Å². The molecular formula is C72H52N2S. The monoisotopic (exact) mass is 976 g/mol. The van der Waals surface area contributed by atoms with Crippen LogP contribution in [0, 0.1) is 0 Å². The van der Waals surface area contributed by atoms with Gasteiger partial charge >= 0.3 is 0 Å². The zero-order valence-corrected chi connectivity index (χ0v) is 42.2. The van der Waals surface area contributed by atoms with Crippen molar-refractivity contribution in [3.05, 3.63) is 310 Å². The highest BCUT2D eigenvalue weighted by atomic mass is 32.1. The van der Waals surface area contributed by atoms with Crippen LogP contribution in [0.4, 0.5) is 34.1 Å². The predicted octanol–water partition coefficient (Wildman–Crippen LogP) is 21.1. The summed E-state index contributed by atoms with van der Waals surface area (Å²) in [5.41, 5.74) is 20.6. The van der Waals surface area contributed by atoms with Gasteiger partial charge in [0.05, 0.1) is 0 Å². The average Bonchev–Trinajstić information content (AvgIpc) is 3.88. The third kappa shape index (κ3) is 9.41. The molecule has 0 amide bonds. The Morgan fingerprint density at radius 2 is 0.587 bits per heavy atom. The second-order valence-corrected chi connectivity index (χ2v) is 19.6. The summed E-state index contributed by atoms with van der Waals surface area (Å²) in [4.78, 5) is 4.68. The van der Waals surface area contributed by atoms with E-state index in [-0.39, 0.29) is 0 Å². The highest BCUT2D eigenvalue weighted by Gasteiger charge is 2.19. The van der Waals surface area contributed by atoms with Gasteiger partial charge in [0, 0.05) is 54.3 Å². The molecule has 1 heterocycles. The highest BCUT2D eigenvalue weighted by Crippen LogP contribution is 2.46. The van der Waals surface area contributed by atoms with Gasteiger partial charge in [-0.3, -0.25) is 0 Å². The number of fused-ring (bicyclic) bond motifs is 3. The second-order valence-electron chi connectivity index (χ2n) is 18.6. The van der Waals surface area contributed by atoms with Gasteiger partial charge in [-0.25, -0.2) is 0 Å². The van der Waals surface area contributed by atoms with Gasteiger partial charge in [-0.2, -0.15) is 0 Å². The van der Waals surface area contributed by atoms with Crippen LogP contribution >= 0.6 is 11.3 Å². The van der Waals surface area contributed by atoms with Crippen LogP contribution in [0.15, 0.2) is 304 Å². The lowest BCUT2D eigenvalue weighted by atomic mass is 9.99. The van der Waals surface area contributed by atoms with E-state index in [1.54, 1.807) is 6.08 Å². The van der Waals surface area contributed by atoms with E-state index in [0.717, 1.165) is 45.3 Å². The van der Waals surface area contributed by atoms with Gasteiger partial charge in [-0.05, 0) is 140 Å². The van der Waals surface area contributed by atoms with E-state index in [1.165, 1.54) is 75.8 Å². The van der Waals surface area contributed by atoms with Crippen LogP contribution in [0.25, 0.3) is 81.4 Å². The maximum absolute atomic E-state index is 4.04. The molecule has 0 aliphatic heterocycles. The van der Waals surface area contributed by atoms with Gasteiger partial charge in [0.15, 0.2) is 0 Å². The van der Waals surface area contributed by atoms with E-state index in [4.69, 9.17) is 0 Å². The molecule has 0 atom stereocenters. The molecule has 11 aromatic carbocycles. The largest absolute Gasteiger partial charge is 0.311 e. The number of allylic oxidation sites excluding steroid dienone is 4. The van der Waals surface area contributed by atoms with Gasteiger partial charge in [-0.1, -0.05) is 232 Å². The number of benzene rings is 11. The molecule has 0 unspecified atom stereocenters. The summed E-state index contributed by atoms with van der Waals surface area (Å²) in [5.74, 6) is 0. The maximum Gasteiger partial charge on any atom is 0.0462 e. The predicted molar refractivity (Wildman–Crippen MR) is 324 cm³/mol. The molecule has 2 nitrogen and oxygen atoms in total. The molecule has 12 aromatic rings. The van der Waals surface area contributed by atoms with Crippen LogP contribution in [0.1, 0.15) is 5.56 Å². The van der Waals surface area contributed by atoms with Crippen molar-refractivity contribution in [2.24, 2.45) is 0 Å². The van der Waals surface area contributed by atoms with E-state index < -0.39 is 0 Å². The zero-order valence-electron chi connectivity index (χ0n) is 41.4. The molecule has 0 aliphatic carbocycles. The minimum atomic E-state index is 1.03. The first-order valence-electron chi connectivity index (χ1n) is 25.4. The van der Waals surface area contributed by atoms with E-state index in [1.807, 2.05) is 23.5 Å². The maximum atomic E-state index is 4.04. The summed E-state index contributed by atoms with van der Waals surface area (Å²) < 4.78 is 2.56. The summed E-state index contributed by atoms with van der Waals surface area (Å²) in [7, 11) is 0. The lowest BCUT2D eigenvalue weighted by Crippen LogP contribution is -2.09. The van der Waals surface area contributed by atoms with Crippen molar-refractivity contribution in [1.29, 1.82) is 0 Å². The van der Waals surface area contributed by atoms with E-state index in [2.05, 4.69) is 296 Å². The molecule has 356 valence electrons. The molecule has 0 saturated heterocycles. The summed E-state index contributed by atoms with van der Waals surface area (Å²) in [6.45, 7) is 7.95. The molecule has 0 aliphatic rings. The molecule has 12 rings (SSSR count). The molecule has 0 saturated carbocycles. The minimum absolute atomic E-state index is 1.03. The Morgan fingerprint density at radius 1 is 0.293 bits per heavy atom. The van der Waals surface area contributed by atoms with Gasteiger partial charge in [0.25, 0.3) is 0 Å². The van der Waals surface area contributed by atoms with Crippen LogP contribution < -0.4 is 9.80 Å². The van der Waals surface area contributed by atoms with Crippen molar-refractivity contribution >= 4 is 71.2 Å². The second kappa shape index (κ2) is 20.9. The summed E-state index contributed by atoms with van der Waals surface area (Å²) in [6.07, 6.45) is 5.67. The normalized spacial score (nSPS) is 11.4. The molecule has 0 bridgehead atoms. The average molecular weight is 977 g/mol. The Balaban J connectivity index is 0.876. The van der Waals surface area contributed by atoms with Crippen molar-refractivity contribution in [3.63, 3.8) is 0 Å². The number of anilines is 6. The van der Waals surface area contributed by atoms with E-state index >= 15 is 0 Å². The molecule has 0 fully saturated rings. The molecular weight excluding hydrogens is 925 g/mol. The SMILES string of the molecule is C=C/C=C(\C=C)c1ccc(N(c2ccc(-c3ccccc3)cc2)c2ccc(-c3cccc4c3sc3c(-c5ccc(N(c6ccc(-c7ccccc7)cc6)c6ccc(-c7ccccc7)cc6)cc5)cccc34)cc2)cc1. The lowest BCUT2D eigenvalue weighted by Gasteiger charge is -2.26. The van der Waals surface area contributed by atoms with Gasteiger partial charge in [0.2, 0.25) is 0 Å². The van der Waals surface area contributed by atoms with Crippen LogP contribution in [0.2, 0.25) is 0 Å². The van der Waals surface area contributed by atoms with Gasteiger partial charge in [0.1, 0.15) is 0 Å². The first-order chi connectivity index (χ1) is 37.1.